The lowest BCUT2D eigenvalue weighted by Crippen LogP contribution is -2.34. The summed E-state index contributed by atoms with van der Waals surface area (Å²) in [6.07, 6.45) is 2.51. The second kappa shape index (κ2) is 7.94. The first-order valence-electron chi connectivity index (χ1n) is 9.37. The summed E-state index contributed by atoms with van der Waals surface area (Å²) in [7, 11) is 0. The van der Waals surface area contributed by atoms with Crippen LogP contribution >= 0.6 is 0 Å². The molecule has 0 spiro atoms. The molecule has 3 rings (SSSR count). The van der Waals surface area contributed by atoms with Crippen LogP contribution in [0.2, 0.25) is 0 Å². The Hall–Kier alpha value is -2.30. The SMILES string of the molecule is Cc1noc(C)c1CC(=O)N(Cc1cccc(OCC(C)C)c1)C1CC1. The van der Waals surface area contributed by atoms with E-state index in [1.807, 2.05) is 36.9 Å². The molecule has 0 saturated heterocycles. The Balaban J connectivity index is 1.69. The van der Waals surface area contributed by atoms with E-state index in [1.165, 1.54) is 0 Å². The quantitative estimate of drug-likeness (QED) is 0.716. The number of benzene rings is 1. The van der Waals surface area contributed by atoms with Crippen molar-refractivity contribution in [3.8, 4) is 5.75 Å². The lowest BCUT2D eigenvalue weighted by molar-refractivity contribution is -0.131. The number of nitrogens with zero attached hydrogens (tertiary/aromatic N) is 2. The Labute approximate surface area is 155 Å². The third-order valence-corrected chi connectivity index (χ3v) is 4.65. The maximum Gasteiger partial charge on any atom is 0.227 e. The Morgan fingerprint density at radius 2 is 2.12 bits per heavy atom. The minimum Gasteiger partial charge on any atom is -0.493 e. The van der Waals surface area contributed by atoms with Gasteiger partial charge >= 0.3 is 0 Å². The standard InChI is InChI=1S/C21H28N2O3/c1-14(2)13-25-19-7-5-6-17(10-19)12-23(18-8-9-18)21(24)11-20-15(3)22-26-16(20)4/h5-7,10,14,18H,8-9,11-13H2,1-4H3. The molecule has 26 heavy (non-hydrogen) atoms. The fourth-order valence-corrected chi connectivity index (χ4v) is 3.01. The van der Waals surface area contributed by atoms with E-state index in [0.29, 0.717) is 31.5 Å². The number of ether oxygens (including phenoxy) is 1. The molecule has 140 valence electrons. The lowest BCUT2D eigenvalue weighted by Gasteiger charge is -2.23. The fourth-order valence-electron chi connectivity index (χ4n) is 3.01. The largest absolute Gasteiger partial charge is 0.493 e. The highest BCUT2D eigenvalue weighted by Gasteiger charge is 2.33. The minimum atomic E-state index is 0.135. The van der Waals surface area contributed by atoms with Gasteiger partial charge in [-0.2, -0.15) is 0 Å². The first-order chi connectivity index (χ1) is 12.4. The molecule has 0 aliphatic heterocycles. The van der Waals surface area contributed by atoms with Gasteiger partial charge in [-0.3, -0.25) is 4.79 Å². The van der Waals surface area contributed by atoms with Crippen molar-refractivity contribution < 1.29 is 14.1 Å². The molecule has 0 unspecified atom stereocenters. The minimum absolute atomic E-state index is 0.135. The molecular formula is C21H28N2O3. The molecule has 0 atom stereocenters. The van der Waals surface area contributed by atoms with Crippen LogP contribution in [0.1, 0.15) is 49.3 Å². The van der Waals surface area contributed by atoms with Crippen molar-refractivity contribution >= 4 is 5.91 Å². The number of hydrogen-bond acceptors (Lipinski definition) is 4. The van der Waals surface area contributed by atoms with E-state index in [-0.39, 0.29) is 5.91 Å². The van der Waals surface area contributed by atoms with Crippen LogP contribution in [0.15, 0.2) is 28.8 Å². The molecule has 1 saturated carbocycles. The Bertz CT molecular complexity index is 743. The van der Waals surface area contributed by atoms with Crippen LogP contribution in [0.4, 0.5) is 0 Å². The van der Waals surface area contributed by atoms with Crippen LogP contribution in [0.5, 0.6) is 5.75 Å². The summed E-state index contributed by atoms with van der Waals surface area (Å²) >= 11 is 0. The van der Waals surface area contributed by atoms with E-state index in [0.717, 1.165) is 41.2 Å². The zero-order valence-corrected chi connectivity index (χ0v) is 16.1. The lowest BCUT2D eigenvalue weighted by atomic mass is 10.1. The van der Waals surface area contributed by atoms with Crippen molar-refractivity contribution in [3.63, 3.8) is 0 Å². The van der Waals surface area contributed by atoms with Gasteiger partial charge in [0.2, 0.25) is 5.91 Å². The maximum atomic E-state index is 12.9. The second-order valence-electron chi connectivity index (χ2n) is 7.58. The third kappa shape index (κ3) is 4.65. The number of rotatable bonds is 8. The number of amides is 1. The van der Waals surface area contributed by atoms with Crippen molar-refractivity contribution in [1.82, 2.24) is 10.1 Å². The molecule has 0 bridgehead atoms. The van der Waals surface area contributed by atoms with Gasteiger partial charge in [0.1, 0.15) is 11.5 Å². The Morgan fingerprint density at radius 1 is 1.35 bits per heavy atom. The molecule has 1 fully saturated rings. The average molecular weight is 356 g/mol. The summed E-state index contributed by atoms with van der Waals surface area (Å²) in [6, 6.07) is 8.42. The molecule has 5 nitrogen and oxygen atoms in total. The van der Waals surface area contributed by atoms with Gasteiger partial charge in [0, 0.05) is 18.2 Å². The summed E-state index contributed by atoms with van der Waals surface area (Å²) in [5.74, 6) is 2.22. The van der Waals surface area contributed by atoms with E-state index in [9.17, 15) is 4.79 Å². The van der Waals surface area contributed by atoms with E-state index in [4.69, 9.17) is 9.26 Å². The fraction of sp³-hybridized carbons (Fsp3) is 0.524. The van der Waals surface area contributed by atoms with Crippen molar-refractivity contribution in [3.05, 3.63) is 46.8 Å². The number of carbonyl (C=O) groups excluding carboxylic acids is 1. The van der Waals surface area contributed by atoms with Gasteiger partial charge in [0.25, 0.3) is 0 Å². The van der Waals surface area contributed by atoms with Crippen LogP contribution in [0, 0.1) is 19.8 Å². The molecule has 0 radical (unpaired) electrons. The first kappa shape index (κ1) is 18.5. The highest BCUT2D eigenvalue weighted by molar-refractivity contribution is 5.79. The van der Waals surface area contributed by atoms with E-state index < -0.39 is 0 Å². The smallest absolute Gasteiger partial charge is 0.227 e. The first-order valence-corrected chi connectivity index (χ1v) is 9.37. The van der Waals surface area contributed by atoms with Crippen LogP contribution in [-0.4, -0.2) is 28.6 Å². The summed E-state index contributed by atoms with van der Waals surface area (Å²) in [4.78, 5) is 14.9. The van der Waals surface area contributed by atoms with Gasteiger partial charge in [-0.15, -0.1) is 0 Å². The predicted octanol–water partition coefficient (Wildman–Crippen LogP) is 4.06. The number of aryl methyl sites for hydroxylation is 2. The predicted molar refractivity (Wildman–Crippen MR) is 100 cm³/mol. The van der Waals surface area contributed by atoms with Crippen LogP contribution in [-0.2, 0) is 17.8 Å². The normalized spacial score (nSPS) is 13.9. The Kier molecular flexibility index (Phi) is 5.64. The molecule has 1 heterocycles. The van der Waals surface area contributed by atoms with Crippen molar-refractivity contribution in [1.29, 1.82) is 0 Å². The van der Waals surface area contributed by atoms with Crippen LogP contribution < -0.4 is 4.74 Å². The Morgan fingerprint density at radius 3 is 2.73 bits per heavy atom. The average Bonchev–Trinajstić information content (AvgIpc) is 3.40. The summed E-state index contributed by atoms with van der Waals surface area (Å²) in [5.41, 5.74) is 2.82. The molecule has 0 N–H and O–H groups in total. The molecular weight excluding hydrogens is 328 g/mol. The van der Waals surface area contributed by atoms with Crippen molar-refractivity contribution in [2.45, 2.75) is 59.5 Å². The van der Waals surface area contributed by atoms with Crippen molar-refractivity contribution in [2.75, 3.05) is 6.61 Å². The molecule has 1 aliphatic rings. The monoisotopic (exact) mass is 356 g/mol. The van der Waals surface area contributed by atoms with Crippen molar-refractivity contribution in [2.24, 2.45) is 5.92 Å². The zero-order valence-electron chi connectivity index (χ0n) is 16.1. The maximum absolute atomic E-state index is 12.9. The highest BCUT2D eigenvalue weighted by atomic mass is 16.5. The molecule has 2 aromatic rings. The third-order valence-electron chi connectivity index (χ3n) is 4.65. The molecule has 1 aromatic heterocycles. The van der Waals surface area contributed by atoms with Gasteiger partial charge in [-0.1, -0.05) is 31.1 Å². The van der Waals surface area contributed by atoms with Gasteiger partial charge in [0.15, 0.2) is 0 Å². The number of hydrogen-bond donors (Lipinski definition) is 0. The van der Waals surface area contributed by atoms with Gasteiger partial charge in [-0.25, -0.2) is 0 Å². The summed E-state index contributed by atoms with van der Waals surface area (Å²) < 4.78 is 11.0. The molecule has 1 amide bonds. The molecule has 5 heteroatoms. The zero-order chi connectivity index (χ0) is 18.7. The topological polar surface area (TPSA) is 55.6 Å². The van der Waals surface area contributed by atoms with Crippen LogP contribution in [0.3, 0.4) is 0 Å². The summed E-state index contributed by atoms with van der Waals surface area (Å²) in [5, 5.41) is 3.96. The highest BCUT2D eigenvalue weighted by Crippen LogP contribution is 2.30. The van der Waals surface area contributed by atoms with Gasteiger partial charge in [0.05, 0.1) is 18.7 Å². The van der Waals surface area contributed by atoms with Gasteiger partial charge in [-0.05, 0) is 50.3 Å². The second-order valence-corrected chi connectivity index (χ2v) is 7.58. The van der Waals surface area contributed by atoms with E-state index >= 15 is 0 Å². The van der Waals surface area contributed by atoms with Crippen LogP contribution in [0.25, 0.3) is 0 Å². The molecule has 1 aromatic carbocycles. The summed E-state index contributed by atoms with van der Waals surface area (Å²) in [6.45, 7) is 9.32. The van der Waals surface area contributed by atoms with E-state index in [1.54, 1.807) is 0 Å². The molecule has 1 aliphatic carbocycles. The number of aromatic nitrogens is 1. The van der Waals surface area contributed by atoms with E-state index in [2.05, 4.69) is 25.1 Å². The number of carbonyl (C=O) groups is 1. The van der Waals surface area contributed by atoms with Gasteiger partial charge < -0.3 is 14.2 Å².